The summed E-state index contributed by atoms with van der Waals surface area (Å²) in [6, 6.07) is 7.71. The van der Waals surface area contributed by atoms with Gasteiger partial charge in [-0.1, -0.05) is 23.5 Å². The Bertz CT molecular complexity index is 808. The lowest BCUT2D eigenvalue weighted by Gasteiger charge is -2.28. The largest absolute Gasteiger partial charge is 0.481 e. The van der Waals surface area contributed by atoms with Crippen LogP contribution < -0.4 is 4.90 Å². The van der Waals surface area contributed by atoms with E-state index in [1.807, 2.05) is 24.3 Å². The van der Waals surface area contributed by atoms with Crippen molar-refractivity contribution in [2.45, 2.75) is 10.3 Å². The molecule has 0 unspecified atom stereocenters. The van der Waals surface area contributed by atoms with Crippen LogP contribution in [0.3, 0.4) is 0 Å². The fraction of sp³-hybridized carbons (Fsp3) is 0.353. The van der Waals surface area contributed by atoms with E-state index in [1.54, 1.807) is 0 Å². The van der Waals surface area contributed by atoms with E-state index in [0.717, 1.165) is 47.9 Å². The molecule has 1 saturated heterocycles. The summed E-state index contributed by atoms with van der Waals surface area (Å²) < 4.78 is 5.36. The fourth-order valence-corrected chi connectivity index (χ4v) is 3.66. The summed E-state index contributed by atoms with van der Waals surface area (Å²) in [5.41, 5.74) is 1.82. The quantitative estimate of drug-likeness (QED) is 0.604. The highest BCUT2D eigenvalue weighted by Gasteiger charge is 2.14. The zero-order chi connectivity index (χ0) is 19.9. The number of carboxylic acids is 2. The van der Waals surface area contributed by atoms with E-state index in [9.17, 15) is 9.59 Å². The smallest absolute Gasteiger partial charge is 0.313 e. The van der Waals surface area contributed by atoms with Crippen LogP contribution >= 0.6 is 23.5 Å². The van der Waals surface area contributed by atoms with Gasteiger partial charge in [0.25, 0.3) is 0 Å². The van der Waals surface area contributed by atoms with E-state index in [1.165, 1.54) is 0 Å². The first-order chi connectivity index (χ1) is 13.5. The third-order valence-corrected chi connectivity index (χ3v) is 5.41. The number of aromatic nitrogens is 3. The summed E-state index contributed by atoms with van der Waals surface area (Å²) in [6.45, 7) is 3.06. The number of carboxylic acid groups (broad SMARTS) is 2. The molecule has 1 aromatic carbocycles. The van der Waals surface area contributed by atoms with Crippen molar-refractivity contribution >= 4 is 41.1 Å². The minimum absolute atomic E-state index is 0.192. The summed E-state index contributed by atoms with van der Waals surface area (Å²) in [6.07, 6.45) is 0. The molecule has 0 atom stereocenters. The SMILES string of the molecule is O=C(O)CSc1nc(SCC(=O)O)nc(-c2ccc(N3CCOCC3)cc2)n1. The lowest BCUT2D eigenvalue weighted by atomic mass is 10.2. The van der Waals surface area contributed by atoms with E-state index in [2.05, 4.69) is 19.9 Å². The van der Waals surface area contributed by atoms with Crippen LogP contribution in [-0.2, 0) is 14.3 Å². The third kappa shape index (κ3) is 5.81. The van der Waals surface area contributed by atoms with Crippen LogP contribution in [0.4, 0.5) is 5.69 Å². The number of morpholine rings is 1. The van der Waals surface area contributed by atoms with Crippen molar-refractivity contribution in [3.8, 4) is 11.4 Å². The van der Waals surface area contributed by atoms with Crippen molar-refractivity contribution in [3.05, 3.63) is 24.3 Å². The number of carbonyl (C=O) groups is 2. The van der Waals surface area contributed by atoms with Crippen molar-refractivity contribution in [1.82, 2.24) is 15.0 Å². The number of aliphatic carboxylic acids is 2. The van der Waals surface area contributed by atoms with Crippen LogP contribution in [0.25, 0.3) is 11.4 Å². The predicted octanol–water partition coefficient (Wildman–Crippen LogP) is 1.73. The van der Waals surface area contributed by atoms with Gasteiger partial charge in [-0.2, -0.15) is 4.98 Å². The second-order valence-electron chi connectivity index (χ2n) is 5.74. The molecule has 0 radical (unpaired) electrons. The highest BCUT2D eigenvalue weighted by molar-refractivity contribution is 8.00. The molecule has 1 aromatic heterocycles. The van der Waals surface area contributed by atoms with Crippen LogP contribution in [0.1, 0.15) is 0 Å². The maximum absolute atomic E-state index is 10.8. The predicted molar refractivity (Wildman–Crippen MR) is 105 cm³/mol. The highest BCUT2D eigenvalue weighted by atomic mass is 32.2. The maximum atomic E-state index is 10.8. The van der Waals surface area contributed by atoms with E-state index in [-0.39, 0.29) is 21.8 Å². The molecule has 0 aliphatic carbocycles. The average Bonchev–Trinajstić information content (AvgIpc) is 2.71. The minimum atomic E-state index is -0.985. The zero-order valence-electron chi connectivity index (χ0n) is 14.8. The summed E-state index contributed by atoms with van der Waals surface area (Å²) >= 11 is 1.93. The van der Waals surface area contributed by atoms with Crippen LogP contribution in [0.15, 0.2) is 34.6 Å². The van der Waals surface area contributed by atoms with Crippen molar-refractivity contribution in [3.63, 3.8) is 0 Å². The maximum Gasteiger partial charge on any atom is 0.313 e. The first-order valence-electron chi connectivity index (χ1n) is 8.39. The molecular weight excluding hydrogens is 404 g/mol. The minimum Gasteiger partial charge on any atom is -0.481 e. The Hall–Kier alpha value is -2.37. The van der Waals surface area contributed by atoms with Gasteiger partial charge < -0.3 is 19.8 Å². The number of nitrogens with zero attached hydrogens (tertiary/aromatic N) is 4. The molecule has 1 fully saturated rings. The molecule has 11 heteroatoms. The number of benzene rings is 1. The van der Waals surface area contributed by atoms with Gasteiger partial charge in [-0.15, -0.1) is 0 Å². The van der Waals surface area contributed by atoms with E-state index < -0.39 is 11.9 Å². The molecule has 1 aliphatic rings. The van der Waals surface area contributed by atoms with Crippen LogP contribution in [0, 0.1) is 0 Å². The number of thioether (sulfide) groups is 2. The second-order valence-corrected chi connectivity index (χ2v) is 7.62. The van der Waals surface area contributed by atoms with E-state index in [0.29, 0.717) is 19.0 Å². The molecular formula is C17H18N4O5S2. The molecule has 2 aromatic rings. The van der Waals surface area contributed by atoms with Gasteiger partial charge >= 0.3 is 11.9 Å². The van der Waals surface area contributed by atoms with Crippen LogP contribution in [0.2, 0.25) is 0 Å². The molecule has 148 valence electrons. The van der Waals surface area contributed by atoms with Gasteiger partial charge in [-0.05, 0) is 24.3 Å². The van der Waals surface area contributed by atoms with Gasteiger partial charge in [-0.25, -0.2) is 9.97 Å². The van der Waals surface area contributed by atoms with E-state index >= 15 is 0 Å². The Kier molecular flexibility index (Phi) is 7.06. The summed E-state index contributed by atoms with van der Waals surface area (Å²) in [5, 5.41) is 18.2. The van der Waals surface area contributed by atoms with Gasteiger partial charge in [-0.3, -0.25) is 9.59 Å². The molecule has 0 spiro atoms. The van der Waals surface area contributed by atoms with Crippen molar-refractivity contribution in [1.29, 1.82) is 0 Å². The Labute approximate surface area is 169 Å². The standard InChI is InChI=1S/C17H18N4O5S2/c22-13(23)9-27-16-18-15(19-17(20-16)28-10-14(24)25)11-1-3-12(4-2-11)21-5-7-26-8-6-21/h1-4H,5-10H2,(H,22,23)(H,24,25). The topological polar surface area (TPSA) is 126 Å². The first kappa shape index (κ1) is 20.4. The van der Waals surface area contributed by atoms with Crippen molar-refractivity contribution in [2.24, 2.45) is 0 Å². The van der Waals surface area contributed by atoms with Gasteiger partial charge in [0, 0.05) is 24.3 Å². The lowest BCUT2D eigenvalue weighted by molar-refractivity contribution is -0.134. The summed E-state index contributed by atoms with van der Waals surface area (Å²) in [4.78, 5) is 36.7. The molecule has 3 rings (SSSR count). The summed E-state index contributed by atoms with van der Waals surface area (Å²) in [7, 11) is 0. The Morgan fingerprint density at radius 3 is 1.96 bits per heavy atom. The number of hydrogen-bond donors (Lipinski definition) is 2. The number of hydrogen-bond acceptors (Lipinski definition) is 9. The highest BCUT2D eigenvalue weighted by Crippen LogP contribution is 2.25. The van der Waals surface area contributed by atoms with Crippen molar-refractivity contribution in [2.75, 3.05) is 42.7 Å². The third-order valence-electron chi connectivity index (χ3n) is 3.75. The van der Waals surface area contributed by atoms with Gasteiger partial charge in [0.2, 0.25) is 0 Å². The number of ether oxygens (including phenoxy) is 1. The van der Waals surface area contributed by atoms with Gasteiger partial charge in [0.15, 0.2) is 16.1 Å². The molecule has 0 bridgehead atoms. The normalized spacial score (nSPS) is 14.1. The Morgan fingerprint density at radius 2 is 1.46 bits per heavy atom. The molecule has 2 N–H and O–H groups in total. The van der Waals surface area contributed by atoms with Crippen LogP contribution in [0.5, 0.6) is 0 Å². The Morgan fingerprint density at radius 1 is 0.929 bits per heavy atom. The Balaban J connectivity index is 1.83. The molecule has 28 heavy (non-hydrogen) atoms. The molecule has 0 saturated carbocycles. The number of rotatable bonds is 8. The van der Waals surface area contributed by atoms with Crippen molar-refractivity contribution < 1.29 is 24.5 Å². The average molecular weight is 422 g/mol. The lowest BCUT2D eigenvalue weighted by Crippen LogP contribution is -2.36. The second kappa shape index (κ2) is 9.71. The summed E-state index contributed by atoms with van der Waals surface area (Å²) in [5.74, 6) is -1.97. The van der Waals surface area contributed by atoms with Gasteiger partial charge in [0.05, 0.1) is 24.7 Å². The zero-order valence-corrected chi connectivity index (χ0v) is 16.4. The fourth-order valence-electron chi connectivity index (χ4n) is 2.49. The monoisotopic (exact) mass is 422 g/mol. The van der Waals surface area contributed by atoms with E-state index in [4.69, 9.17) is 14.9 Å². The van der Waals surface area contributed by atoms with Crippen LogP contribution in [-0.4, -0.2) is 74.9 Å². The number of anilines is 1. The first-order valence-corrected chi connectivity index (χ1v) is 10.4. The molecule has 2 heterocycles. The molecule has 1 aliphatic heterocycles. The molecule has 0 amide bonds. The van der Waals surface area contributed by atoms with Gasteiger partial charge in [0.1, 0.15) is 0 Å². The molecule has 9 nitrogen and oxygen atoms in total.